The Morgan fingerprint density at radius 2 is 1.91 bits per heavy atom. The minimum atomic E-state index is -0.670. The standard InChI is InChI=1S/C27H33N3O3/c1-23(2)11-9-16-18(33-23)8-7-17-20(16)28-22(32)27(17)14-25-15-30-12-6-5-10-26(30,21(31)29-25)13-19(25)24(27,3)4/h7-9,11,19H,5-6,10,12-15H2,1-4H3,(H,28,32)(H,29,31)/t19-,25-,26-,27-/m0/s1. The van der Waals surface area contributed by atoms with Gasteiger partial charge in [-0.05, 0) is 87.6 Å². The summed E-state index contributed by atoms with van der Waals surface area (Å²) in [5.74, 6) is 1.34. The van der Waals surface area contributed by atoms with Gasteiger partial charge < -0.3 is 15.4 Å². The Morgan fingerprint density at radius 3 is 2.73 bits per heavy atom. The molecular weight excluding hydrogens is 414 g/mol. The number of ether oxygens (including phenoxy) is 1. The maximum absolute atomic E-state index is 14.0. The molecule has 8 rings (SSSR count). The van der Waals surface area contributed by atoms with Gasteiger partial charge in [0.2, 0.25) is 11.8 Å². The van der Waals surface area contributed by atoms with E-state index in [1.54, 1.807) is 0 Å². The van der Waals surface area contributed by atoms with Crippen molar-refractivity contribution in [1.29, 1.82) is 0 Å². The van der Waals surface area contributed by atoms with Crippen LogP contribution in [0.1, 0.15) is 70.9 Å². The molecule has 0 aromatic heterocycles. The number of piperidine rings is 3. The van der Waals surface area contributed by atoms with Gasteiger partial charge >= 0.3 is 0 Å². The highest BCUT2D eigenvalue weighted by Gasteiger charge is 2.77. The number of hydrogen-bond acceptors (Lipinski definition) is 4. The van der Waals surface area contributed by atoms with Crippen molar-refractivity contribution in [1.82, 2.24) is 10.2 Å². The number of rotatable bonds is 0. The monoisotopic (exact) mass is 447 g/mol. The molecule has 1 aliphatic carbocycles. The highest BCUT2D eigenvalue weighted by molar-refractivity contribution is 6.10. The molecule has 5 fully saturated rings. The average molecular weight is 448 g/mol. The van der Waals surface area contributed by atoms with Gasteiger partial charge in [-0.3, -0.25) is 14.5 Å². The fraction of sp³-hybridized carbons (Fsp3) is 0.630. The Kier molecular flexibility index (Phi) is 3.44. The molecule has 6 aliphatic heterocycles. The van der Waals surface area contributed by atoms with Gasteiger partial charge in [0, 0.05) is 12.1 Å². The molecule has 1 saturated carbocycles. The number of carbonyl (C=O) groups is 2. The summed E-state index contributed by atoms with van der Waals surface area (Å²) in [6.07, 6.45) is 8.86. The number of nitrogens with one attached hydrogen (secondary N) is 2. The third kappa shape index (κ3) is 2.11. The maximum Gasteiger partial charge on any atom is 0.241 e. The zero-order valence-corrected chi connectivity index (χ0v) is 20.0. The number of hydrogen-bond donors (Lipinski definition) is 2. The van der Waals surface area contributed by atoms with Crippen molar-refractivity contribution in [2.24, 2.45) is 11.3 Å². The zero-order valence-electron chi connectivity index (χ0n) is 20.0. The number of nitrogens with zero attached hydrogens (tertiary/aromatic N) is 1. The van der Waals surface area contributed by atoms with Crippen LogP contribution in [0.5, 0.6) is 5.75 Å². The van der Waals surface area contributed by atoms with Gasteiger partial charge in [0.1, 0.15) is 16.9 Å². The molecular formula is C27H33N3O3. The first-order valence-corrected chi connectivity index (χ1v) is 12.5. The van der Waals surface area contributed by atoms with Crippen LogP contribution in [-0.4, -0.2) is 46.5 Å². The second-order valence-corrected chi connectivity index (χ2v) is 12.5. The lowest BCUT2D eigenvalue weighted by Crippen LogP contribution is -2.80. The molecule has 2 amide bonds. The average Bonchev–Trinajstić information content (AvgIpc) is 3.14. The van der Waals surface area contributed by atoms with Crippen LogP contribution in [-0.2, 0) is 15.0 Å². The van der Waals surface area contributed by atoms with Crippen molar-refractivity contribution >= 4 is 23.6 Å². The zero-order chi connectivity index (χ0) is 23.0. The highest BCUT2D eigenvalue weighted by Crippen LogP contribution is 2.70. The SMILES string of the molecule is CC1(C)C=Cc2c(ccc3c2NC(=O)[C@]32C[C@]34CN5CCCC[C@]5(C[C@H]3C2(C)C)C(=O)N4)O1. The van der Waals surface area contributed by atoms with Crippen LogP contribution in [0.25, 0.3) is 6.08 Å². The quantitative estimate of drug-likeness (QED) is 0.638. The van der Waals surface area contributed by atoms with E-state index in [1.807, 2.05) is 19.9 Å². The second kappa shape index (κ2) is 5.65. The van der Waals surface area contributed by atoms with Crippen molar-refractivity contribution in [3.63, 3.8) is 0 Å². The predicted octanol–water partition coefficient (Wildman–Crippen LogP) is 3.60. The number of amides is 2. The van der Waals surface area contributed by atoms with E-state index in [9.17, 15) is 9.59 Å². The van der Waals surface area contributed by atoms with Crippen LogP contribution in [0.4, 0.5) is 5.69 Å². The molecule has 33 heavy (non-hydrogen) atoms. The lowest BCUT2D eigenvalue weighted by Gasteiger charge is -2.63. The van der Waals surface area contributed by atoms with Gasteiger partial charge in [-0.1, -0.05) is 19.9 Å². The molecule has 7 aliphatic rings. The summed E-state index contributed by atoms with van der Waals surface area (Å²) in [7, 11) is 0. The van der Waals surface area contributed by atoms with Gasteiger partial charge in [-0.2, -0.15) is 0 Å². The summed E-state index contributed by atoms with van der Waals surface area (Å²) in [5.41, 5.74) is 0.853. The fourth-order valence-corrected chi connectivity index (χ4v) is 8.63. The molecule has 6 heterocycles. The first kappa shape index (κ1) is 20.1. The van der Waals surface area contributed by atoms with Crippen molar-refractivity contribution in [2.75, 3.05) is 18.4 Å². The Labute approximate surface area is 195 Å². The van der Waals surface area contributed by atoms with Gasteiger partial charge in [-0.25, -0.2) is 0 Å². The molecule has 3 spiro atoms. The van der Waals surface area contributed by atoms with Crippen LogP contribution in [0.3, 0.4) is 0 Å². The molecule has 0 unspecified atom stereocenters. The van der Waals surface area contributed by atoms with E-state index < -0.39 is 5.41 Å². The largest absolute Gasteiger partial charge is 0.483 e. The van der Waals surface area contributed by atoms with Crippen LogP contribution in [0, 0.1) is 11.3 Å². The summed E-state index contributed by atoms with van der Waals surface area (Å²) in [6, 6.07) is 4.14. The van der Waals surface area contributed by atoms with Gasteiger partial charge in [0.05, 0.1) is 16.6 Å². The molecule has 174 valence electrons. The molecule has 2 bridgehead atoms. The first-order chi connectivity index (χ1) is 15.5. The Balaban J connectivity index is 1.40. The normalized spacial score (nSPS) is 41.0. The third-order valence-electron chi connectivity index (χ3n) is 10.2. The summed E-state index contributed by atoms with van der Waals surface area (Å²) in [6.45, 7) is 10.5. The predicted molar refractivity (Wildman–Crippen MR) is 126 cm³/mol. The Morgan fingerprint density at radius 1 is 1.09 bits per heavy atom. The molecule has 6 heteroatoms. The van der Waals surface area contributed by atoms with E-state index in [-0.39, 0.29) is 39.8 Å². The number of benzene rings is 1. The van der Waals surface area contributed by atoms with Crippen molar-refractivity contribution in [3.8, 4) is 5.75 Å². The van der Waals surface area contributed by atoms with E-state index in [0.29, 0.717) is 6.42 Å². The second-order valence-electron chi connectivity index (χ2n) is 12.5. The summed E-state index contributed by atoms with van der Waals surface area (Å²) in [4.78, 5) is 29.9. The maximum atomic E-state index is 14.0. The molecule has 1 aromatic rings. The van der Waals surface area contributed by atoms with E-state index in [0.717, 1.165) is 61.3 Å². The number of anilines is 1. The van der Waals surface area contributed by atoms with Crippen LogP contribution in [0.15, 0.2) is 18.2 Å². The Bertz CT molecular complexity index is 1170. The van der Waals surface area contributed by atoms with Gasteiger partial charge in [0.15, 0.2) is 0 Å². The van der Waals surface area contributed by atoms with Gasteiger partial charge in [-0.15, -0.1) is 0 Å². The number of fused-ring (bicyclic) bond motifs is 5. The lowest BCUT2D eigenvalue weighted by molar-refractivity contribution is -0.167. The van der Waals surface area contributed by atoms with Crippen molar-refractivity contribution in [3.05, 3.63) is 29.3 Å². The third-order valence-corrected chi connectivity index (χ3v) is 10.2. The van der Waals surface area contributed by atoms with E-state index >= 15 is 0 Å². The molecule has 0 radical (unpaired) electrons. The van der Waals surface area contributed by atoms with Crippen LogP contribution < -0.4 is 15.4 Å². The fourth-order valence-electron chi connectivity index (χ4n) is 8.63. The topological polar surface area (TPSA) is 70.7 Å². The molecule has 6 nitrogen and oxygen atoms in total. The summed E-state index contributed by atoms with van der Waals surface area (Å²) < 4.78 is 6.20. The highest BCUT2D eigenvalue weighted by atomic mass is 16.5. The Hall–Kier alpha value is -2.34. The smallest absolute Gasteiger partial charge is 0.241 e. The molecule has 4 saturated heterocycles. The molecule has 1 aromatic carbocycles. The van der Waals surface area contributed by atoms with Crippen molar-refractivity contribution in [2.45, 2.75) is 81.9 Å². The van der Waals surface area contributed by atoms with Crippen LogP contribution >= 0.6 is 0 Å². The molecule has 2 N–H and O–H groups in total. The minimum Gasteiger partial charge on any atom is -0.483 e. The molecule has 4 atom stereocenters. The first-order valence-electron chi connectivity index (χ1n) is 12.5. The van der Waals surface area contributed by atoms with E-state index in [1.165, 1.54) is 0 Å². The summed E-state index contributed by atoms with van der Waals surface area (Å²) >= 11 is 0. The van der Waals surface area contributed by atoms with Crippen LogP contribution in [0.2, 0.25) is 0 Å². The van der Waals surface area contributed by atoms with Gasteiger partial charge in [0.25, 0.3) is 0 Å². The number of piperazine rings is 1. The van der Waals surface area contributed by atoms with E-state index in [2.05, 4.69) is 47.6 Å². The summed E-state index contributed by atoms with van der Waals surface area (Å²) in [5, 5.41) is 6.79. The number of carbonyl (C=O) groups excluding carboxylic acids is 2. The minimum absolute atomic E-state index is 0.0751. The lowest BCUT2D eigenvalue weighted by atomic mass is 9.56. The van der Waals surface area contributed by atoms with Crippen molar-refractivity contribution < 1.29 is 14.3 Å². The van der Waals surface area contributed by atoms with E-state index in [4.69, 9.17) is 4.74 Å².